The minimum absolute atomic E-state index is 0.534. The number of rotatable bonds is 4. The zero-order valence-electron chi connectivity index (χ0n) is 11.8. The summed E-state index contributed by atoms with van der Waals surface area (Å²) in [5, 5.41) is 5.82. The fourth-order valence-electron chi connectivity index (χ4n) is 2.77. The van der Waals surface area contributed by atoms with E-state index in [1.165, 1.54) is 11.3 Å². The van der Waals surface area contributed by atoms with Gasteiger partial charge in [-0.05, 0) is 18.9 Å². The van der Waals surface area contributed by atoms with Gasteiger partial charge in [-0.2, -0.15) is 0 Å². The first-order chi connectivity index (χ1) is 9.81. The molecule has 1 aliphatic rings. The molecule has 1 saturated heterocycles. The zero-order chi connectivity index (χ0) is 13.8. The third kappa shape index (κ3) is 3.45. The lowest BCUT2D eigenvalue weighted by Crippen LogP contribution is -2.55. The van der Waals surface area contributed by atoms with E-state index in [9.17, 15) is 0 Å². The Balaban J connectivity index is 1.61. The minimum atomic E-state index is 0.534. The normalized spacial score (nSPS) is 23.9. The quantitative estimate of drug-likeness (QED) is 0.936. The summed E-state index contributed by atoms with van der Waals surface area (Å²) in [6.45, 7) is 5.41. The Morgan fingerprint density at radius 1 is 1.35 bits per heavy atom. The van der Waals surface area contributed by atoms with Crippen molar-refractivity contribution in [2.24, 2.45) is 0 Å². The van der Waals surface area contributed by atoms with E-state index in [0.717, 1.165) is 26.1 Å². The number of nitrogens with one attached hydrogen (secondary N) is 1. The van der Waals surface area contributed by atoms with Crippen LogP contribution in [0.15, 0.2) is 41.2 Å². The molecule has 2 heterocycles. The number of aromatic nitrogens is 1. The fraction of sp³-hybridized carbons (Fsp3) is 0.438. The molecule has 20 heavy (non-hydrogen) atoms. The van der Waals surface area contributed by atoms with Crippen molar-refractivity contribution >= 4 is 11.3 Å². The topological polar surface area (TPSA) is 28.2 Å². The van der Waals surface area contributed by atoms with Gasteiger partial charge in [-0.3, -0.25) is 4.90 Å². The number of piperazine rings is 1. The third-order valence-corrected chi connectivity index (χ3v) is 4.59. The van der Waals surface area contributed by atoms with Crippen molar-refractivity contribution in [2.45, 2.75) is 32.0 Å². The third-order valence-electron chi connectivity index (χ3n) is 3.95. The van der Waals surface area contributed by atoms with Gasteiger partial charge in [0.15, 0.2) is 0 Å². The predicted octanol–water partition coefficient (Wildman–Crippen LogP) is 2.55. The van der Waals surface area contributed by atoms with Crippen LogP contribution in [0.3, 0.4) is 0 Å². The molecule has 2 atom stereocenters. The monoisotopic (exact) mass is 287 g/mol. The fourth-order valence-corrected chi connectivity index (χ4v) is 3.32. The van der Waals surface area contributed by atoms with Gasteiger partial charge < -0.3 is 5.32 Å². The molecule has 3 rings (SSSR count). The highest BCUT2D eigenvalue weighted by atomic mass is 32.1. The first-order valence-corrected chi connectivity index (χ1v) is 8.14. The Morgan fingerprint density at radius 3 is 2.95 bits per heavy atom. The second-order valence-corrected chi connectivity index (χ2v) is 6.27. The highest BCUT2D eigenvalue weighted by Gasteiger charge is 2.25. The van der Waals surface area contributed by atoms with Gasteiger partial charge in [0.2, 0.25) is 0 Å². The average Bonchev–Trinajstić information content (AvgIpc) is 2.97. The van der Waals surface area contributed by atoms with Gasteiger partial charge in [-0.25, -0.2) is 4.98 Å². The lowest BCUT2D eigenvalue weighted by Gasteiger charge is -2.38. The number of hydrogen-bond donors (Lipinski definition) is 1. The zero-order valence-corrected chi connectivity index (χ0v) is 12.6. The minimum Gasteiger partial charge on any atom is -0.311 e. The summed E-state index contributed by atoms with van der Waals surface area (Å²) in [6, 6.07) is 11.8. The van der Waals surface area contributed by atoms with Gasteiger partial charge in [0.1, 0.15) is 0 Å². The van der Waals surface area contributed by atoms with Crippen LogP contribution < -0.4 is 5.32 Å². The maximum atomic E-state index is 4.41. The molecule has 1 aromatic heterocycles. The van der Waals surface area contributed by atoms with Gasteiger partial charge in [0, 0.05) is 37.1 Å². The highest BCUT2D eigenvalue weighted by Crippen LogP contribution is 2.15. The van der Waals surface area contributed by atoms with Crippen molar-refractivity contribution in [3.63, 3.8) is 0 Å². The Bertz CT molecular complexity index is 512. The van der Waals surface area contributed by atoms with Crippen LogP contribution in [-0.2, 0) is 13.0 Å². The summed E-state index contributed by atoms with van der Waals surface area (Å²) in [5.74, 6) is 0. The SMILES string of the molecule is CC1CNC(Cc2ccccc2)CN1Cc1cscn1. The Labute approximate surface area is 124 Å². The summed E-state index contributed by atoms with van der Waals surface area (Å²) in [5.41, 5.74) is 4.53. The second-order valence-electron chi connectivity index (χ2n) is 5.55. The van der Waals surface area contributed by atoms with Crippen LogP contribution in [0.25, 0.3) is 0 Å². The van der Waals surface area contributed by atoms with Gasteiger partial charge in [-0.1, -0.05) is 30.3 Å². The molecule has 1 N–H and O–H groups in total. The number of nitrogens with zero attached hydrogens (tertiary/aromatic N) is 2. The van der Waals surface area contributed by atoms with E-state index in [2.05, 4.69) is 57.8 Å². The summed E-state index contributed by atoms with van der Waals surface area (Å²) in [7, 11) is 0. The first kappa shape index (κ1) is 13.7. The van der Waals surface area contributed by atoms with E-state index in [1.54, 1.807) is 11.3 Å². The molecule has 0 saturated carbocycles. The molecule has 0 spiro atoms. The van der Waals surface area contributed by atoms with E-state index in [0.29, 0.717) is 12.1 Å². The van der Waals surface area contributed by atoms with E-state index in [4.69, 9.17) is 0 Å². The molecular weight excluding hydrogens is 266 g/mol. The average molecular weight is 287 g/mol. The van der Waals surface area contributed by atoms with Crippen molar-refractivity contribution in [1.29, 1.82) is 0 Å². The molecule has 2 unspecified atom stereocenters. The summed E-state index contributed by atoms with van der Waals surface area (Å²) < 4.78 is 0. The summed E-state index contributed by atoms with van der Waals surface area (Å²) in [4.78, 5) is 6.95. The van der Waals surface area contributed by atoms with Crippen LogP contribution in [0.1, 0.15) is 18.2 Å². The second kappa shape index (κ2) is 6.48. The van der Waals surface area contributed by atoms with Crippen molar-refractivity contribution in [1.82, 2.24) is 15.2 Å². The molecule has 0 radical (unpaired) electrons. The maximum absolute atomic E-state index is 4.41. The summed E-state index contributed by atoms with van der Waals surface area (Å²) in [6.07, 6.45) is 1.10. The standard InChI is InChI=1S/C16H21N3S/c1-13-8-17-15(7-14-5-3-2-4-6-14)9-19(13)10-16-11-20-12-18-16/h2-6,11-13,15,17H,7-10H2,1H3. The van der Waals surface area contributed by atoms with E-state index >= 15 is 0 Å². The Hall–Kier alpha value is -1.23. The molecular formula is C16H21N3S. The lowest BCUT2D eigenvalue weighted by molar-refractivity contribution is 0.131. The predicted molar refractivity (Wildman–Crippen MR) is 83.9 cm³/mol. The van der Waals surface area contributed by atoms with Crippen molar-refractivity contribution in [3.05, 3.63) is 52.5 Å². The largest absolute Gasteiger partial charge is 0.311 e. The molecule has 3 nitrogen and oxygen atoms in total. The van der Waals surface area contributed by atoms with Crippen LogP contribution in [0, 0.1) is 0 Å². The van der Waals surface area contributed by atoms with Crippen LogP contribution in [0.4, 0.5) is 0 Å². The molecule has 4 heteroatoms. The van der Waals surface area contributed by atoms with Crippen LogP contribution in [0.2, 0.25) is 0 Å². The van der Waals surface area contributed by atoms with E-state index in [1.807, 2.05) is 5.51 Å². The van der Waals surface area contributed by atoms with Crippen LogP contribution in [-0.4, -0.2) is 35.1 Å². The van der Waals surface area contributed by atoms with E-state index < -0.39 is 0 Å². The molecule has 1 fully saturated rings. The molecule has 106 valence electrons. The van der Waals surface area contributed by atoms with Gasteiger partial charge in [0.25, 0.3) is 0 Å². The summed E-state index contributed by atoms with van der Waals surface area (Å²) >= 11 is 1.68. The molecule has 1 aliphatic heterocycles. The number of thiazole rings is 1. The van der Waals surface area contributed by atoms with Crippen LogP contribution >= 0.6 is 11.3 Å². The van der Waals surface area contributed by atoms with Crippen molar-refractivity contribution in [2.75, 3.05) is 13.1 Å². The molecule has 1 aromatic carbocycles. The Kier molecular flexibility index (Phi) is 4.45. The molecule has 0 amide bonds. The molecule has 2 aromatic rings. The lowest BCUT2D eigenvalue weighted by atomic mass is 10.0. The van der Waals surface area contributed by atoms with Crippen LogP contribution in [0.5, 0.6) is 0 Å². The number of hydrogen-bond acceptors (Lipinski definition) is 4. The smallest absolute Gasteiger partial charge is 0.0795 e. The Morgan fingerprint density at radius 2 is 2.20 bits per heavy atom. The van der Waals surface area contributed by atoms with E-state index in [-0.39, 0.29) is 0 Å². The maximum Gasteiger partial charge on any atom is 0.0795 e. The highest BCUT2D eigenvalue weighted by molar-refractivity contribution is 7.07. The van der Waals surface area contributed by atoms with Crippen molar-refractivity contribution < 1.29 is 0 Å². The van der Waals surface area contributed by atoms with Gasteiger partial charge in [-0.15, -0.1) is 11.3 Å². The van der Waals surface area contributed by atoms with Gasteiger partial charge in [0.05, 0.1) is 11.2 Å². The molecule has 0 bridgehead atoms. The molecule has 0 aliphatic carbocycles. The number of benzene rings is 1. The first-order valence-electron chi connectivity index (χ1n) is 7.19. The van der Waals surface area contributed by atoms with Crippen molar-refractivity contribution in [3.8, 4) is 0 Å². The van der Waals surface area contributed by atoms with Gasteiger partial charge >= 0.3 is 0 Å².